The molecule has 0 fully saturated rings. The minimum atomic E-state index is -0.603. The molecule has 0 bridgehead atoms. The first-order chi connectivity index (χ1) is 12.9. The first-order valence-electron chi connectivity index (χ1n) is 7.92. The van der Waals surface area contributed by atoms with E-state index in [-0.39, 0.29) is 23.7 Å². The van der Waals surface area contributed by atoms with Gasteiger partial charge in [-0.1, -0.05) is 23.7 Å². The van der Waals surface area contributed by atoms with Crippen LogP contribution in [0.25, 0.3) is 0 Å². The van der Waals surface area contributed by atoms with Gasteiger partial charge in [0.05, 0.1) is 23.5 Å². The molecule has 0 saturated heterocycles. The van der Waals surface area contributed by atoms with Crippen molar-refractivity contribution in [2.24, 2.45) is 0 Å². The normalized spacial score (nSPS) is 10.1. The third kappa shape index (κ3) is 5.68. The lowest BCUT2D eigenvalue weighted by atomic mass is 10.1. The summed E-state index contributed by atoms with van der Waals surface area (Å²) in [7, 11) is 1.46. The number of nitro benzene ring substituents is 1. The molecule has 0 aliphatic carbocycles. The number of nitrogens with one attached hydrogen (secondary N) is 1. The van der Waals surface area contributed by atoms with Crippen molar-refractivity contribution in [2.75, 3.05) is 25.6 Å². The second kappa shape index (κ2) is 9.54. The highest BCUT2D eigenvalue weighted by atomic mass is 35.5. The molecule has 2 aromatic carbocycles. The molecule has 0 radical (unpaired) electrons. The number of benzene rings is 2. The molecule has 2 aromatic rings. The molecule has 1 N–H and O–H groups in total. The summed E-state index contributed by atoms with van der Waals surface area (Å²) in [6.07, 6.45) is -0.0529. The van der Waals surface area contributed by atoms with Gasteiger partial charge in [0.2, 0.25) is 0 Å². The molecule has 0 spiro atoms. The zero-order valence-electron chi connectivity index (χ0n) is 14.4. The minimum Gasteiger partial charge on any atom is -0.495 e. The Hall–Kier alpha value is -3.13. The minimum absolute atomic E-state index is 0.0529. The number of carbonyl (C=O) groups is 2. The number of ketones is 1. The number of nitro groups is 1. The van der Waals surface area contributed by atoms with Gasteiger partial charge in [-0.15, -0.1) is 0 Å². The van der Waals surface area contributed by atoms with Gasteiger partial charge in [0.25, 0.3) is 5.69 Å². The SMILES string of the molecule is COc1ccc(C(=O)COC(=O)CCNc2ccccc2[N+](=O)[O-])cc1Cl. The third-order valence-corrected chi connectivity index (χ3v) is 3.88. The van der Waals surface area contributed by atoms with E-state index in [4.69, 9.17) is 21.1 Å². The van der Waals surface area contributed by atoms with Crippen LogP contribution in [0.1, 0.15) is 16.8 Å². The van der Waals surface area contributed by atoms with Gasteiger partial charge in [0.1, 0.15) is 11.4 Å². The van der Waals surface area contributed by atoms with Crippen LogP contribution in [-0.2, 0) is 9.53 Å². The fourth-order valence-corrected chi connectivity index (χ4v) is 2.48. The van der Waals surface area contributed by atoms with Gasteiger partial charge in [-0.05, 0) is 24.3 Å². The summed E-state index contributed by atoms with van der Waals surface area (Å²) in [5, 5.41) is 14.0. The molecule has 2 rings (SSSR count). The Balaban J connectivity index is 1.80. The number of halogens is 1. The Morgan fingerprint density at radius 3 is 2.63 bits per heavy atom. The summed E-state index contributed by atoms with van der Waals surface area (Å²) in [6.45, 7) is -0.292. The van der Waals surface area contributed by atoms with E-state index in [2.05, 4.69) is 5.32 Å². The lowest BCUT2D eigenvalue weighted by molar-refractivity contribution is -0.384. The summed E-state index contributed by atoms with van der Waals surface area (Å²) >= 11 is 5.96. The maximum atomic E-state index is 12.0. The molecule has 8 nitrogen and oxygen atoms in total. The Morgan fingerprint density at radius 1 is 1.22 bits per heavy atom. The van der Waals surface area contributed by atoms with Gasteiger partial charge in [-0.2, -0.15) is 0 Å². The molecule has 27 heavy (non-hydrogen) atoms. The van der Waals surface area contributed by atoms with Crippen LogP contribution in [0.3, 0.4) is 0 Å². The second-order valence-corrected chi connectivity index (χ2v) is 5.79. The molecule has 142 valence electrons. The van der Waals surface area contributed by atoms with Crippen molar-refractivity contribution in [1.29, 1.82) is 0 Å². The number of anilines is 1. The van der Waals surface area contributed by atoms with Crippen molar-refractivity contribution in [3.63, 3.8) is 0 Å². The number of nitrogens with zero attached hydrogens (tertiary/aromatic N) is 1. The maximum Gasteiger partial charge on any atom is 0.308 e. The van der Waals surface area contributed by atoms with Crippen LogP contribution in [0.5, 0.6) is 5.75 Å². The van der Waals surface area contributed by atoms with E-state index in [0.717, 1.165) is 0 Å². The molecule has 0 amide bonds. The number of hydrogen-bond acceptors (Lipinski definition) is 7. The second-order valence-electron chi connectivity index (χ2n) is 5.38. The summed E-state index contributed by atoms with van der Waals surface area (Å²) in [5.74, 6) is -0.570. The van der Waals surface area contributed by atoms with Gasteiger partial charge in [-0.25, -0.2) is 0 Å². The fraction of sp³-hybridized carbons (Fsp3) is 0.222. The van der Waals surface area contributed by atoms with Crippen molar-refractivity contribution in [3.05, 3.63) is 63.2 Å². The lowest BCUT2D eigenvalue weighted by Gasteiger charge is -2.08. The number of esters is 1. The van der Waals surface area contributed by atoms with Crippen LogP contribution in [0.4, 0.5) is 11.4 Å². The summed E-state index contributed by atoms with van der Waals surface area (Å²) in [5.41, 5.74) is 0.517. The maximum absolute atomic E-state index is 12.0. The van der Waals surface area contributed by atoms with Crippen molar-refractivity contribution in [3.8, 4) is 5.75 Å². The zero-order chi connectivity index (χ0) is 19.8. The number of hydrogen-bond donors (Lipinski definition) is 1. The van der Waals surface area contributed by atoms with E-state index in [1.807, 2.05) is 0 Å². The molecule has 0 aliphatic heterocycles. The number of Topliss-reactive ketones (excluding diaryl/α,β-unsaturated/α-hetero) is 1. The summed E-state index contributed by atoms with van der Waals surface area (Å²) in [4.78, 5) is 34.2. The van der Waals surface area contributed by atoms with E-state index in [1.165, 1.54) is 25.3 Å². The Kier molecular flexibility index (Phi) is 7.13. The largest absolute Gasteiger partial charge is 0.495 e. The average molecular weight is 393 g/mol. The highest BCUT2D eigenvalue weighted by Gasteiger charge is 2.14. The van der Waals surface area contributed by atoms with Crippen molar-refractivity contribution in [1.82, 2.24) is 0 Å². The van der Waals surface area contributed by atoms with Crippen LogP contribution < -0.4 is 10.1 Å². The molecule has 0 aliphatic rings. The summed E-state index contributed by atoms with van der Waals surface area (Å²) in [6, 6.07) is 10.6. The monoisotopic (exact) mass is 392 g/mol. The lowest BCUT2D eigenvalue weighted by Crippen LogP contribution is -2.17. The number of methoxy groups -OCH3 is 1. The molecule has 0 atom stereocenters. The molecular weight excluding hydrogens is 376 g/mol. The van der Waals surface area contributed by atoms with E-state index in [0.29, 0.717) is 17.0 Å². The molecule has 0 aromatic heterocycles. The Bertz CT molecular complexity index is 855. The van der Waals surface area contributed by atoms with Gasteiger partial charge in [0.15, 0.2) is 12.4 Å². The van der Waals surface area contributed by atoms with Gasteiger partial charge in [-0.3, -0.25) is 19.7 Å². The first kappa shape index (κ1) is 20.2. The van der Waals surface area contributed by atoms with Crippen LogP contribution in [0.2, 0.25) is 5.02 Å². The number of para-hydroxylation sites is 2. The predicted molar refractivity (Wildman–Crippen MR) is 99.5 cm³/mol. The van der Waals surface area contributed by atoms with Crippen molar-refractivity contribution < 1.29 is 24.0 Å². The molecule has 9 heteroatoms. The van der Waals surface area contributed by atoms with Crippen LogP contribution >= 0.6 is 11.6 Å². The van der Waals surface area contributed by atoms with Gasteiger partial charge in [0, 0.05) is 18.2 Å². The molecule has 0 unspecified atom stereocenters. The van der Waals surface area contributed by atoms with Crippen LogP contribution in [0, 0.1) is 10.1 Å². The highest BCUT2D eigenvalue weighted by molar-refractivity contribution is 6.32. The quantitative estimate of drug-likeness (QED) is 0.301. The van der Waals surface area contributed by atoms with E-state index in [1.54, 1.807) is 24.3 Å². The highest BCUT2D eigenvalue weighted by Crippen LogP contribution is 2.25. The van der Waals surface area contributed by atoms with Crippen LogP contribution in [-0.4, -0.2) is 36.9 Å². The standard InChI is InChI=1S/C18H17ClN2O6/c1-26-17-7-6-12(10-13(17)19)16(22)11-27-18(23)8-9-20-14-4-2-3-5-15(14)21(24)25/h2-7,10,20H,8-9,11H2,1H3. The van der Waals surface area contributed by atoms with Gasteiger partial charge < -0.3 is 14.8 Å². The number of carbonyl (C=O) groups excluding carboxylic acids is 2. The fourth-order valence-electron chi connectivity index (χ4n) is 2.22. The first-order valence-corrected chi connectivity index (χ1v) is 8.30. The molecule has 0 heterocycles. The Labute approximate surface area is 160 Å². The third-order valence-electron chi connectivity index (χ3n) is 3.58. The number of ether oxygens (including phenoxy) is 2. The van der Waals surface area contributed by atoms with Crippen molar-refractivity contribution in [2.45, 2.75) is 6.42 Å². The predicted octanol–water partition coefficient (Wildman–Crippen LogP) is 3.48. The van der Waals surface area contributed by atoms with E-state index < -0.39 is 23.3 Å². The van der Waals surface area contributed by atoms with Crippen LogP contribution in [0.15, 0.2) is 42.5 Å². The Morgan fingerprint density at radius 2 is 1.96 bits per heavy atom. The smallest absolute Gasteiger partial charge is 0.308 e. The van der Waals surface area contributed by atoms with E-state index >= 15 is 0 Å². The molecule has 0 saturated carbocycles. The van der Waals surface area contributed by atoms with Gasteiger partial charge >= 0.3 is 5.97 Å². The topological polar surface area (TPSA) is 108 Å². The molecular formula is C18H17ClN2O6. The zero-order valence-corrected chi connectivity index (χ0v) is 15.2. The van der Waals surface area contributed by atoms with E-state index in [9.17, 15) is 19.7 Å². The average Bonchev–Trinajstić information content (AvgIpc) is 2.66. The summed E-state index contributed by atoms with van der Waals surface area (Å²) < 4.78 is 9.94. The van der Waals surface area contributed by atoms with Crippen molar-refractivity contribution >= 4 is 34.7 Å². The number of rotatable bonds is 9.